The number of ether oxygens (including phenoxy) is 1. The van der Waals surface area contributed by atoms with Crippen LogP contribution in [0, 0.1) is 0 Å². The van der Waals surface area contributed by atoms with Gasteiger partial charge in [-0.25, -0.2) is 13.1 Å². The van der Waals surface area contributed by atoms with E-state index in [9.17, 15) is 21.6 Å². The molecule has 0 aromatic heterocycles. The van der Waals surface area contributed by atoms with Crippen LogP contribution in [-0.2, 0) is 10.0 Å². The molecule has 1 atom stereocenters. The first-order valence-corrected chi connectivity index (χ1v) is 11.3. The van der Waals surface area contributed by atoms with Gasteiger partial charge in [0.15, 0.2) is 0 Å². The average molecular weight is 483 g/mol. The van der Waals surface area contributed by atoms with Gasteiger partial charge in [0.1, 0.15) is 5.75 Å². The summed E-state index contributed by atoms with van der Waals surface area (Å²) in [6, 6.07) is 8.30. The van der Waals surface area contributed by atoms with Gasteiger partial charge >= 0.3 is 6.36 Å². The van der Waals surface area contributed by atoms with Crippen LogP contribution in [-0.4, -0.2) is 39.3 Å². The zero-order valence-corrected chi connectivity index (χ0v) is 18.0. The van der Waals surface area contributed by atoms with Gasteiger partial charge in [0.25, 0.3) is 0 Å². The Kier molecular flexibility index (Phi) is 7.19. The smallest absolute Gasteiger partial charge is 0.406 e. The summed E-state index contributed by atoms with van der Waals surface area (Å²) in [5.41, 5.74) is 0.636. The third-order valence-corrected chi connectivity index (χ3v) is 6.88. The number of nitrogens with zero attached hydrogens (tertiary/aromatic N) is 1. The van der Waals surface area contributed by atoms with E-state index in [0.29, 0.717) is 22.2 Å². The van der Waals surface area contributed by atoms with E-state index in [4.69, 9.17) is 23.2 Å². The molecule has 1 aliphatic rings. The molecule has 1 saturated heterocycles. The first-order valence-electron chi connectivity index (χ1n) is 9.09. The normalized spacial score (nSPS) is 16.6. The van der Waals surface area contributed by atoms with E-state index in [1.807, 2.05) is 0 Å². The van der Waals surface area contributed by atoms with Crippen LogP contribution in [0.25, 0.3) is 0 Å². The second-order valence-electron chi connectivity index (χ2n) is 6.87. The molecular formula is C19H19Cl2F3N2O3S. The van der Waals surface area contributed by atoms with Crippen molar-refractivity contribution < 1.29 is 26.3 Å². The van der Waals surface area contributed by atoms with Crippen LogP contribution in [0.3, 0.4) is 0 Å². The number of nitrogens with one attached hydrogen (secondary N) is 1. The molecule has 5 nitrogen and oxygen atoms in total. The lowest BCUT2D eigenvalue weighted by Gasteiger charge is -2.25. The number of sulfonamides is 1. The summed E-state index contributed by atoms with van der Waals surface area (Å²) >= 11 is 12.1. The maximum atomic E-state index is 12.9. The SMILES string of the molecule is O=S(=O)(N[C@H](CN1CCCC1)c1ccc(Cl)c(Cl)c1)c1ccc(OC(F)(F)F)cc1. The van der Waals surface area contributed by atoms with Gasteiger partial charge in [0, 0.05) is 6.54 Å². The van der Waals surface area contributed by atoms with Crippen molar-refractivity contribution in [1.29, 1.82) is 0 Å². The average Bonchev–Trinajstić information content (AvgIpc) is 3.15. The highest BCUT2D eigenvalue weighted by atomic mass is 35.5. The topological polar surface area (TPSA) is 58.6 Å². The molecule has 0 radical (unpaired) electrons. The molecule has 164 valence electrons. The minimum absolute atomic E-state index is 0.177. The maximum Gasteiger partial charge on any atom is 0.573 e. The number of halogens is 5. The van der Waals surface area contributed by atoms with Crippen molar-refractivity contribution in [2.45, 2.75) is 30.1 Å². The molecule has 3 rings (SSSR count). The lowest BCUT2D eigenvalue weighted by atomic mass is 10.1. The third-order valence-electron chi connectivity index (χ3n) is 4.65. The van der Waals surface area contributed by atoms with E-state index in [0.717, 1.165) is 50.2 Å². The second-order valence-corrected chi connectivity index (χ2v) is 9.40. The van der Waals surface area contributed by atoms with Crippen molar-refractivity contribution in [3.05, 3.63) is 58.1 Å². The lowest BCUT2D eigenvalue weighted by Crippen LogP contribution is -2.37. The molecular weight excluding hydrogens is 464 g/mol. The highest BCUT2D eigenvalue weighted by molar-refractivity contribution is 7.89. The summed E-state index contributed by atoms with van der Waals surface area (Å²) in [7, 11) is -4.02. The van der Waals surface area contributed by atoms with Crippen molar-refractivity contribution in [3.8, 4) is 5.75 Å². The number of hydrogen-bond acceptors (Lipinski definition) is 4. The fraction of sp³-hybridized carbons (Fsp3) is 0.368. The van der Waals surface area contributed by atoms with Crippen molar-refractivity contribution in [2.24, 2.45) is 0 Å². The molecule has 30 heavy (non-hydrogen) atoms. The number of rotatable bonds is 7. The van der Waals surface area contributed by atoms with E-state index >= 15 is 0 Å². The minimum Gasteiger partial charge on any atom is -0.406 e. The van der Waals surface area contributed by atoms with Crippen LogP contribution in [0.15, 0.2) is 47.4 Å². The van der Waals surface area contributed by atoms with Crippen LogP contribution in [0.1, 0.15) is 24.4 Å². The van der Waals surface area contributed by atoms with Crippen LogP contribution in [0.5, 0.6) is 5.75 Å². The van der Waals surface area contributed by atoms with Crippen molar-refractivity contribution in [3.63, 3.8) is 0 Å². The summed E-state index contributed by atoms with van der Waals surface area (Å²) in [5.74, 6) is -0.500. The zero-order valence-electron chi connectivity index (χ0n) is 15.6. The molecule has 0 bridgehead atoms. The predicted molar refractivity (Wildman–Crippen MR) is 108 cm³/mol. The van der Waals surface area contributed by atoms with Crippen molar-refractivity contribution in [2.75, 3.05) is 19.6 Å². The molecule has 2 aromatic rings. The van der Waals surface area contributed by atoms with E-state index < -0.39 is 28.2 Å². The van der Waals surface area contributed by atoms with Gasteiger partial charge in [-0.2, -0.15) is 0 Å². The summed E-state index contributed by atoms with van der Waals surface area (Å²) in [5, 5.41) is 0.650. The van der Waals surface area contributed by atoms with E-state index in [-0.39, 0.29) is 4.90 Å². The highest BCUT2D eigenvalue weighted by Crippen LogP contribution is 2.29. The Morgan fingerprint density at radius 1 is 1.03 bits per heavy atom. The Labute approximate surface area is 182 Å². The Morgan fingerprint density at radius 3 is 2.23 bits per heavy atom. The van der Waals surface area contributed by atoms with Gasteiger partial charge in [0.2, 0.25) is 10.0 Å². The van der Waals surface area contributed by atoms with E-state index in [1.165, 1.54) is 0 Å². The first-order chi connectivity index (χ1) is 14.0. The largest absolute Gasteiger partial charge is 0.573 e. The van der Waals surface area contributed by atoms with Gasteiger partial charge in [-0.3, -0.25) is 0 Å². The Balaban J connectivity index is 1.83. The van der Waals surface area contributed by atoms with E-state index in [1.54, 1.807) is 18.2 Å². The third kappa shape index (κ3) is 6.24. The quantitative estimate of drug-likeness (QED) is 0.602. The standard InChI is InChI=1S/C19H19Cl2F3N2O3S/c20-16-8-3-13(11-17(16)21)18(12-26-9-1-2-10-26)25-30(27,28)15-6-4-14(5-7-15)29-19(22,23)24/h3-8,11,18,25H,1-2,9-10,12H2/t18-/m1/s1. The lowest BCUT2D eigenvalue weighted by molar-refractivity contribution is -0.274. The Morgan fingerprint density at radius 2 is 1.67 bits per heavy atom. The van der Waals surface area contributed by atoms with Gasteiger partial charge in [-0.15, -0.1) is 13.2 Å². The summed E-state index contributed by atoms with van der Waals surface area (Å²) in [6.45, 7) is 2.12. The fourth-order valence-corrected chi connectivity index (χ4v) is 4.76. The van der Waals surface area contributed by atoms with Gasteiger partial charge < -0.3 is 9.64 Å². The molecule has 1 fully saturated rings. The van der Waals surface area contributed by atoms with Gasteiger partial charge in [0.05, 0.1) is 21.0 Å². The fourth-order valence-electron chi connectivity index (χ4n) is 3.24. The number of hydrogen-bond donors (Lipinski definition) is 1. The molecule has 0 spiro atoms. The summed E-state index contributed by atoms with van der Waals surface area (Å²) < 4.78 is 69.1. The van der Waals surface area contributed by atoms with Crippen molar-refractivity contribution in [1.82, 2.24) is 9.62 Å². The van der Waals surface area contributed by atoms with Crippen LogP contribution < -0.4 is 9.46 Å². The minimum atomic E-state index is -4.85. The molecule has 1 aliphatic heterocycles. The Hall–Kier alpha value is -1.52. The molecule has 0 amide bonds. The molecule has 0 aliphatic carbocycles. The monoisotopic (exact) mass is 482 g/mol. The predicted octanol–water partition coefficient (Wildman–Crippen LogP) is 5.01. The molecule has 0 unspecified atom stereocenters. The molecule has 1 N–H and O–H groups in total. The zero-order chi connectivity index (χ0) is 21.9. The first kappa shape index (κ1) is 23.1. The molecule has 1 heterocycles. The molecule has 0 saturated carbocycles. The summed E-state index contributed by atoms with van der Waals surface area (Å²) in [6.07, 6.45) is -2.80. The van der Waals surface area contributed by atoms with Crippen LogP contribution in [0.4, 0.5) is 13.2 Å². The summed E-state index contributed by atoms with van der Waals surface area (Å²) in [4.78, 5) is 1.96. The van der Waals surface area contributed by atoms with Gasteiger partial charge in [-0.05, 0) is 67.9 Å². The van der Waals surface area contributed by atoms with Gasteiger partial charge in [-0.1, -0.05) is 29.3 Å². The number of alkyl halides is 3. The Bertz CT molecular complexity index is 980. The maximum absolute atomic E-state index is 12.9. The molecule has 2 aromatic carbocycles. The molecule has 11 heteroatoms. The van der Waals surface area contributed by atoms with E-state index in [2.05, 4.69) is 14.4 Å². The number of likely N-dealkylation sites (tertiary alicyclic amines) is 1. The second kappa shape index (κ2) is 9.32. The highest BCUT2D eigenvalue weighted by Gasteiger charge is 2.31. The van der Waals surface area contributed by atoms with Crippen LogP contribution >= 0.6 is 23.2 Å². The van der Waals surface area contributed by atoms with Crippen LogP contribution in [0.2, 0.25) is 10.0 Å². The van der Waals surface area contributed by atoms with Crippen molar-refractivity contribution >= 4 is 33.2 Å². The number of benzene rings is 2.